The molecule has 2 aromatic rings. The first-order valence-corrected chi connectivity index (χ1v) is 8.41. The van der Waals surface area contributed by atoms with Gasteiger partial charge in [0.15, 0.2) is 11.6 Å². The molecule has 6 heteroatoms. The van der Waals surface area contributed by atoms with Crippen LogP contribution in [-0.4, -0.2) is 51.9 Å². The van der Waals surface area contributed by atoms with E-state index in [0.717, 1.165) is 25.5 Å². The van der Waals surface area contributed by atoms with Crippen LogP contribution >= 0.6 is 0 Å². The van der Waals surface area contributed by atoms with E-state index in [4.69, 9.17) is 9.15 Å². The van der Waals surface area contributed by atoms with Gasteiger partial charge in [0.1, 0.15) is 12.4 Å². The summed E-state index contributed by atoms with van der Waals surface area (Å²) >= 11 is 0. The first kappa shape index (κ1) is 14.9. The van der Waals surface area contributed by atoms with E-state index < -0.39 is 0 Å². The van der Waals surface area contributed by atoms with Crippen LogP contribution in [0.25, 0.3) is 11.6 Å². The number of hydrogen-bond donors (Lipinski definition) is 1. The van der Waals surface area contributed by atoms with Gasteiger partial charge in [0.05, 0.1) is 25.3 Å². The lowest BCUT2D eigenvalue weighted by molar-refractivity contribution is 0.122. The average Bonchev–Trinajstić information content (AvgIpc) is 3.33. The minimum Gasteiger partial charge on any atom is -0.455 e. The van der Waals surface area contributed by atoms with Crippen LogP contribution in [0.3, 0.4) is 0 Å². The number of aliphatic hydroxyl groups excluding tert-OH is 1. The van der Waals surface area contributed by atoms with Crippen molar-refractivity contribution in [3.05, 3.63) is 30.3 Å². The van der Waals surface area contributed by atoms with Gasteiger partial charge in [-0.1, -0.05) is 6.42 Å². The number of nitrogens with zero attached hydrogens (tertiary/aromatic N) is 3. The van der Waals surface area contributed by atoms with Crippen molar-refractivity contribution in [2.24, 2.45) is 0 Å². The molecular formula is C17H23N3O3. The van der Waals surface area contributed by atoms with Crippen molar-refractivity contribution >= 4 is 0 Å². The Labute approximate surface area is 135 Å². The number of aliphatic hydroxyl groups is 1. The van der Waals surface area contributed by atoms with Crippen LogP contribution in [0.15, 0.2) is 28.9 Å². The molecule has 4 rings (SSSR count). The standard InChI is InChI=1S/C17H23N3O3/c21-10-13-4-5-16(23-13)17-18-6-9-20(17)15-12-22-11-14(15)19-7-2-1-3-8-19/h4-6,9,14-15,21H,1-3,7-8,10-12H2/t14-,15-/m1/s1. The lowest BCUT2D eigenvalue weighted by atomic mass is 10.0. The van der Waals surface area contributed by atoms with Crippen molar-refractivity contribution in [3.63, 3.8) is 0 Å². The lowest BCUT2D eigenvalue weighted by Gasteiger charge is -2.35. The molecule has 0 unspecified atom stereocenters. The minimum absolute atomic E-state index is 0.0936. The Balaban J connectivity index is 1.61. The maximum Gasteiger partial charge on any atom is 0.176 e. The molecule has 6 nitrogen and oxygen atoms in total. The maximum absolute atomic E-state index is 9.19. The van der Waals surface area contributed by atoms with Crippen LogP contribution in [0.5, 0.6) is 0 Å². The van der Waals surface area contributed by atoms with Crippen LogP contribution in [-0.2, 0) is 11.3 Å². The largest absolute Gasteiger partial charge is 0.455 e. The van der Waals surface area contributed by atoms with Gasteiger partial charge in [0.2, 0.25) is 0 Å². The SMILES string of the molecule is OCc1ccc(-c2nccn2[C@@H]2COC[C@H]2N2CCCCC2)o1. The number of aromatic nitrogens is 2. The molecule has 0 aromatic carbocycles. The molecule has 124 valence electrons. The molecule has 23 heavy (non-hydrogen) atoms. The highest BCUT2D eigenvalue weighted by atomic mass is 16.5. The predicted molar refractivity (Wildman–Crippen MR) is 84.9 cm³/mol. The monoisotopic (exact) mass is 317 g/mol. The summed E-state index contributed by atoms with van der Waals surface area (Å²) in [5, 5.41) is 9.19. The summed E-state index contributed by atoms with van der Waals surface area (Å²) in [6.07, 6.45) is 7.70. The van der Waals surface area contributed by atoms with Gasteiger partial charge < -0.3 is 18.8 Å². The minimum atomic E-state index is -0.0936. The molecule has 0 radical (unpaired) electrons. The van der Waals surface area contributed by atoms with Gasteiger partial charge in [0.25, 0.3) is 0 Å². The summed E-state index contributed by atoms with van der Waals surface area (Å²) in [6, 6.07) is 4.32. The van der Waals surface area contributed by atoms with Crippen molar-refractivity contribution in [2.75, 3.05) is 26.3 Å². The summed E-state index contributed by atoms with van der Waals surface area (Å²) in [6.45, 7) is 3.71. The fraction of sp³-hybridized carbons (Fsp3) is 0.588. The number of furan rings is 1. The van der Waals surface area contributed by atoms with E-state index in [9.17, 15) is 5.11 Å². The highest BCUT2D eigenvalue weighted by Crippen LogP contribution is 2.31. The summed E-state index contributed by atoms with van der Waals surface area (Å²) in [5.74, 6) is 2.07. The first-order valence-electron chi connectivity index (χ1n) is 8.41. The van der Waals surface area contributed by atoms with Crippen molar-refractivity contribution in [2.45, 2.75) is 38.0 Å². The van der Waals surface area contributed by atoms with Gasteiger partial charge in [-0.3, -0.25) is 4.90 Å². The van der Waals surface area contributed by atoms with E-state index in [-0.39, 0.29) is 12.6 Å². The molecule has 4 heterocycles. The van der Waals surface area contributed by atoms with Gasteiger partial charge >= 0.3 is 0 Å². The number of ether oxygens (including phenoxy) is 1. The first-order chi connectivity index (χ1) is 11.4. The molecule has 0 spiro atoms. The van der Waals surface area contributed by atoms with Crippen molar-refractivity contribution in [1.82, 2.24) is 14.5 Å². The third kappa shape index (κ3) is 2.82. The molecule has 0 aliphatic carbocycles. The second-order valence-electron chi connectivity index (χ2n) is 6.35. The maximum atomic E-state index is 9.19. The van der Waals surface area contributed by atoms with Crippen molar-refractivity contribution in [1.29, 1.82) is 0 Å². The van der Waals surface area contributed by atoms with Gasteiger partial charge in [-0.15, -0.1) is 0 Å². The summed E-state index contributed by atoms with van der Waals surface area (Å²) in [7, 11) is 0. The second-order valence-corrected chi connectivity index (χ2v) is 6.35. The number of imidazole rings is 1. The normalized spacial score (nSPS) is 26.0. The molecule has 2 aromatic heterocycles. The number of likely N-dealkylation sites (tertiary alicyclic amines) is 1. The van der Waals surface area contributed by atoms with E-state index in [1.807, 2.05) is 18.5 Å². The topological polar surface area (TPSA) is 63.7 Å². The smallest absolute Gasteiger partial charge is 0.176 e. The van der Waals surface area contributed by atoms with Crippen molar-refractivity contribution in [3.8, 4) is 11.6 Å². The fourth-order valence-corrected chi connectivity index (χ4v) is 3.75. The molecule has 0 bridgehead atoms. The fourth-order valence-electron chi connectivity index (χ4n) is 3.75. The zero-order valence-electron chi connectivity index (χ0n) is 13.2. The predicted octanol–water partition coefficient (Wildman–Crippen LogP) is 2.06. The van der Waals surface area contributed by atoms with Crippen LogP contribution in [0.4, 0.5) is 0 Å². The highest BCUT2D eigenvalue weighted by molar-refractivity contribution is 5.48. The van der Waals surface area contributed by atoms with Crippen molar-refractivity contribution < 1.29 is 14.3 Å². The van der Waals surface area contributed by atoms with E-state index in [2.05, 4.69) is 14.5 Å². The average molecular weight is 317 g/mol. The third-order valence-corrected chi connectivity index (χ3v) is 4.94. The Hall–Kier alpha value is -1.63. The Morgan fingerprint density at radius 3 is 2.74 bits per heavy atom. The molecule has 2 aliphatic rings. The molecule has 2 aliphatic heterocycles. The van der Waals surface area contributed by atoms with Gasteiger partial charge in [-0.2, -0.15) is 0 Å². The van der Waals surface area contributed by atoms with Crippen LogP contribution in [0.1, 0.15) is 31.1 Å². The second kappa shape index (κ2) is 6.47. The third-order valence-electron chi connectivity index (χ3n) is 4.94. The van der Waals surface area contributed by atoms with Gasteiger partial charge in [-0.25, -0.2) is 4.98 Å². The molecule has 0 saturated carbocycles. The zero-order valence-corrected chi connectivity index (χ0v) is 13.2. The Bertz CT molecular complexity index is 645. The molecule has 2 fully saturated rings. The Kier molecular flexibility index (Phi) is 4.20. The number of piperidine rings is 1. The lowest BCUT2D eigenvalue weighted by Crippen LogP contribution is -2.44. The van der Waals surface area contributed by atoms with Crippen LogP contribution in [0.2, 0.25) is 0 Å². The summed E-state index contributed by atoms with van der Waals surface area (Å²) in [4.78, 5) is 7.03. The summed E-state index contributed by atoms with van der Waals surface area (Å²) in [5.41, 5.74) is 0. The van der Waals surface area contributed by atoms with Gasteiger partial charge in [-0.05, 0) is 38.1 Å². The summed E-state index contributed by atoms with van der Waals surface area (Å²) < 4.78 is 13.6. The Morgan fingerprint density at radius 1 is 1.13 bits per heavy atom. The van der Waals surface area contributed by atoms with Crippen LogP contribution < -0.4 is 0 Å². The van der Waals surface area contributed by atoms with E-state index in [1.165, 1.54) is 19.3 Å². The molecule has 0 amide bonds. The number of hydrogen-bond acceptors (Lipinski definition) is 5. The Morgan fingerprint density at radius 2 is 1.96 bits per heavy atom. The van der Waals surface area contributed by atoms with E-state index in [1.54, 1.807) is 6.07 Å². The zero-order chi connectivity index (χ0) is 15.6. The highest BCUT2D eigenvalue weighted by Gasteiger charge is 2.36. The molecule has 2 saturated heterocycles. The molecule has 2 atom stereocenters. The molecular weight excluding hydrogens is 294 g/mol. The molecule has 1 N–H and O–H groups in total. The van der Waals surface area contributed by atoms with Gasteiger partial charge in [0, 0.05) is 12.4 Å². The quantitative estimate of drug-likeness (QED) is 0.935. The van der Waals surface area contributed by atoms with E-state index in [0.29, 0.717) is 24.2 Å². The van der Waals surface area contributed by atoms with Crippen LogP contribution in [0, 0.1) is 0 Å². The number of rotatable bonds is 4. The van der Waals surface area contributed by atoms with E-state index >= 15 is 0 Å².